The predicted molar refractivity (Wildman–Crippen MR) is 93.9 cm³/mol. The number of pyridine rings is 1. The number of nitrogens with two attached hydrogens (primary N) is 2. The Bertz CT molecular complexity index is 947. The molecule has 0 radical (unpaired) electrons. The standard InChI is InChI=1S/C18H16N4O2/c1-24-16-5-3-2-4-13(16)12-8-9-21-15-7-6-11(10-14(12)15)17(23)22-18(19)20/h2-10H,1H3,(H4,19,20,22,23). The number of ether oxygens (including phenoxy) is 1. The van der Waals surface area contributed by atoms with Gasteiger partial charge < -0.3 is 16.2 Å². The Labute approximate surface area is 138 Å². The molecule has 120 valence electrons. The summed E-state index contributed by atoms with van der Waals surface area (Å²) in [4.78, 5) is 20.0. The molecule has 0 saturated carbocycles. The minimum absolute atomic E-state index is 0.267. The number of benzene rings is 2. The van der Waals surface area contributed by atoms with Gasteiger partial charge in [0.15, 0.2) is 5.96 Å². The first-order valence-electron chi connectivity index (χ1n) is 7.26. The topological polar surface area (TPSA) is 104 Å². The van der Waals surface area contributed by atoms with Crippen LogP contribution in [0.2, 0.25) is 0 Å². The van der Waals surface area contributed by atoms with Crippen molar-refractivity contribution in [3.63, 3.8) is 0 Å². The smallest absolute Gasteiger partial charge is 0.280 e. The van der Waals surface area contributed by atoms with Crippen LogP contribution in [-0.4, -0.2) is 24.0 Å². The van der Waals surface area contributed by atoms with Gasteiger partial charge in [0.1, 0.15) is 5.75 Å². The fourth-order valence-electron chi connectivity index (χ4n) is 2.56. The van der Waals surface area contributed by atoms with Gasteiger partial charge in [-0.15, -0.1) is 0 Å². The van der Waals surface area contributed by atoms with E-state index in [0.717, 1.165) is 27.8 Å². The van der Waals surface area contributed by atoms with Crippen molar-refractivity contribution in [2.45, 2.75) is 0 Å². The number of carbonyl (C=O) groups excluding carboxylic acids is 1. The molecule has 0 aliphatic carbocycles. The summed E-state index contributed by atoms with van der Waals surface area (Å²) < 4.78 is 5.44. The molecule has 1 aromatic heterocycles. The van der Waals surface area contributed by atoms with E-state index in [2.05, 4.69) is 9.98 Å². The number of methoxy groups -OCH3 is 1. The van der Waals surface area contributed by atoms with Gasteiger partial charge in [0.25, 0.3) is 5.91 Å². The van der Waals surface area contributed by atoms with Crippen LogP contribution in [-0.2, 0) is 0 Å². The molecule has 0 saturated heterocycles. The van der Waals surface area contributed by atoms with Crippen LogP contribution in [0.15, 0.2) is 59.7 Å². The molecule has 0 aliphatic heterocycles. The van der Waals surface area contributed by atoms with Gasteiger partial charge in [-0.3, -0.25) is 9.78 Å². The minimum Gasteiger partial charge on any atom is -0.496 e. The molecule has 24 heavy (non-hydrogen) atoms. The molecule has 1 amide bonds. The summed E-state index contributed by atoms with van der Waals surface area (Å²) in [5.41, 5.74) is 13.5. The largest absolute Gasteiger partial charge is 0.496 e. The van der Waals surface area contributed by atoms with Gasteiger partial charge in [0.2, 0.25) is 0 Å². The molecule has 0 unspecified atom stereocenters. The van der Waals surface area contributed by atoms with E-state index >= 15 is 0 Å². The SMILES string of the molecule is COc1ccccc1-c1ccnc2ccc(C(=O)N=C(N)N)cc12. The van der Waals surface area contributed by atoms with E-state index in [9.17, 15) is 4.79 Å². The van der Waals surface area contributed by atoms with Crippen molar-refractivity contribution in [1.82, 2.24) is 4.98 Å². The fraction of sp³-hybridized carbons (Fsp3) is 0.0556. The molecule has 2 aromatic carbocycles. The summed E-state index contributed by atoms with van der Waals surface area (Å²) in [6.07, 6.45) is 1.72. The van der Waals surface area contributed by atoms with Crippen LogP contribution in [0.25, 0.3) is 22.0 Å². The van der Waals surface area contributed by atoms with E-state index in [1.807, 2.05) is 30.3 Å². The van der Waals surface area contributed by atoms with Crippen LogP contribution in [0.4, 0.5) is 0 Å². The average Bonchev–Trinajstić information content (AvgIpc) is 2.60. The van der Waals surface area contributed by atoms with Gasteiger partial charge in [-0.25, -0.2) is 0 Å². The number of carbonyl (C=O) groups is 1. The Hall–Kier alpha value is -3.41. The molecule has 4 N–H and O–H groups in total. The van der Waals surface area contributed by atoms with Gasteiger partial charge in [0.05, 0.1) is 12.6 Å². The lowest BCUT2D eigenvalue weighted by Crippen LogP contribution is -2.24. The number of aliphatic imine (C=N–C) groups is 1. The number of fused-ring (bicyclic) bond motifs is 1. The summed E-state index contributed by atoms with van der Waals surface area (Å²) in [5.74, 6) is -0.0195. The number of rotatable bonds is 3. The first kappa shape index (κ1) is 15.5. The molecule has 6 heteroatoms. The molecule has 3 aromatic rings. The van der Waals surface area contributed by atoms with Gasteiger partial charge in [-0.05, 0) is 35.9 Å². The Kier molecular flexibility index (Phi) is 4.11. The molecular formula is C18H16N4O2. The molecular weight excluding hydrogens is 304 g/mol. The first-order chi connectivity index (χ1) is 11.6. The number of amides is 1. The van der Waals surface area contributed by atoms with Crippen molar-refractivity contribution < 1.29 is 9.53 Å². The summed E-state index contributed by atoms with van der Waals surface area (Å²) in [7, 11) is 1.62. The molecule has 6 nitrogen and oxygen atoms in total. The van der Waals surface area contributed by atoms with E-state index in [0.29, 0.717) is 5.56 Å². The summed E-state index contributed by atoms with van der Waals surface area (Å²) in [6, 6.07) is 14.7. The Morgan fingerprint density at radius 3 is 2.62 bits per heavy atom. The van der Waals surface area contributed by atoms with Crippen LogP contribution in [0, 0.1) is 0 Å². The monoisotopic (exact) mass is 320 g/mol. The van der Waals surface area contributed by atoms with E-state index in [1.54, 1.807) is 31.5 Å². The highest BCUT2D eigenvalue weighted by Crippen LogP contribution is 2.34. The normalized spacial score (nSPS) is 10.4. The number of aromatic nitrogens is 1. The van der Waals surface area contributed by atoms with Crippen LogP contribution in [0.3, 0.4) is 0 Å². The second-order valence-corrected chi connectivity index (χ2v) is 5.13. The third-order valence-electron chi connectivity index (χ3n) is 3.62. The Morgan fingerprint density at radius 1 is 1.08 bits per heavy atom. The zero-order valence-electron chi connectivity index (χ0n) is 13.1. The number of guanidine groups is 1. The Morgan fingerprint density at radius 2 is 1.88 bits per heavy atom. The highest BCUT2D eigenvalue weighted by atomic mass is 16.5. The number of hydrogen-bond acceptors (Lipinski definition) is 3. The Balaban J connectivity index is 2.22. The molecule has 0 aliphatic rings. The molecule has 3 rings (SSSR count). The lowest BCUT2D eigenvalue weighted by atomic mass is 9.99. The molecule has 1 heterocycles. The zero-order chi connectivity index (χ0) is 17.1. The molecule has 0 fully saturated rings. The maximum Gasteiger partial charge on any atom is 0.280 e. The first-order valence-corrected chi connectivity index (χ1v) is 7.26. The maximum atomic E-state index is 12.1. The summed E-state index contributed by atoms with van der Waals surface area (Å²) >= 11 is 0. The fourth-order valence-corrected chi connectivity index (χ4v) is 2.56. The number of nitrogens with zero attached hydrogens (tertiary/aromatic N) is 2. The molecule has 0 spiro atoms. The van der Waals surface area contributed by atoms with Crippen LogP contribution < -0.4 is 16.2 Å². The second kappa shape index (κ2) is 6.37. The van der Waals surface area contributed by atoms with Crippen LogP contribution in [0.1, 0.15) is 10.4 Å². The van der Waals surface area contributed by atoms with Crippen molar-refractivity contribution in [1.29, 1.82) is 0 Å². The zero-order valence-corrected chi connectivity index (χ0v) is 13.1. The average molecular weight is 320 g/mol. The van der Waals surface area contributed by atoms with E-state index in [-0.39, 0.29) is 5.96 Å². The van der Waals surface area contributed by atoms with Crippen molar-refractivity contribution >= 4 is 22.8 Å². The number of hydrogen-bond donors (Lipinski definition) is 2. The van der Waals surface area contributed by atoms with Crippen molar-refractivity contribution in [2.75, 3.05) is 7.11 Å². The van der Waals surface area contributed by atoms with Gasteiger partial charge >= 0.3 is 0 Å². The lowest BCUT2D eigenvalue weighted by molar-refractivity contribution is 0.100. The second-order valence-electron chi connectivity index (χ2n) is 5.13. The third-order valence-corrected chi connectivity index (χ3v) is 3.62. The van der Waals surface area contributed by atoms with Crippen LogP contribution >= 0.6 is 0 Å². The predicted octanol–water partition coefficient (Wildman–Crippen LogP) is 2.32. The maximum absolute atomic E-state index is 12.1. The third kappa shape index (κ3) is 2.89. The van der Waals surface area contributed by atoms with Crippen molar-refractivity contribution in [3.05, 3.63) is 60.3 Å². The van der Waals surface area contributed by atoms with E-state index in [4.69, 9.17) is 16.2 Å². The molecule has 0 atom stereocenters. The van der Waals surface area contributed by atoms with E-state index in [1.165, 1.54) is 0 Å². The van der Waals surface area contributed by atoms with Gasteiger partial charge in [-0.1, -0.05) is 18.2 Å². The highest BCUT2D eigenvalue weighted by Gasteiger charge is 2.12. The quantitative estimate of drug-likeness (QED) is 0.569. The van der Waals surface area contributed by atoms with Crippen molar-refractivity contribution in [3.8, 4) is 16.9 Å². The van der Waals surface area contributed by atoms with Crippen LogP contribution in [0.5, 0.6) is 5.75 Å². The summed E-state index contributed by atoms with van der Waals surface area (Å²) in [6.45, 7) is 0. The lowest BCUT2D eigenvalue weighted by Gasteiger charge is -2.11. The summed E-state index contributed by atoms with van der Waals surface area (Å²) in [5, 5.41) is 0.818. The van der Waals surface area contributed by atoms with Gasteiger partial charge in [-0.2, -0.15) is 4.99 Å². The minimum atomic E-state index is -0.494. The number of para-hydroxylation sites is 1. The van der Waals surface area contributed by atoms with E-state index < -0.39 is 5.91 Å². The van der Waals surface area contributed by atoms with Crippen molar-refractivity contribution in [2.24, 2.45) is 16.5 Å². The molecule has 0 bridgehead atoms. The highest BCUT2D eigenvalue weighted by molar-refractivity contribution is 6.06. The van der Waals surface area contributed by atoms with Gasteiger partial charge in [0, 0.05) is 22.7 Å².